The summed E-state index contributed by atoms with van der Waals surface area (Å²) in [4.78, 5) is 35.9. The molecule has 30 heavy (non-hydrogen) atoms. The summed E-state index contributed by atoms with van der Waals surface area (Å²) in [5.41, 5.74) is -0.294. The second-order valence-corrected chi connectivity index (χ2v) is 5.92. The molecule has 0 spiro atoms. The number of Topliss-reactive ketones (excluding diaryl/α,β-unsaturated/α-hetero) is 1. The molecule has 0 atom stereocenters. The van der Waals surface area contributed by atoms with Crippen LogP contribution < -0.4 is 14.8 Å². The molecule has 0 unspecified atom stereocenters. The summed E-state index contributed by atoms with van der Waals surface area (Å²) in [6.07, 6.45) is 0. The highest BCUT2D eigenvalue weighted by Gasteiger charge is 2.17. The average Bonchev–Trinajstić information content (AvgIpc) is 2.73. The van der Waals surface area contributed by atoms with Crippen LogP contribution in [-0.4, -0.2) is 44.0 Å². The van der Waals surface area contributed by atoms with Crippen LogP contribution in [0.5, 0.6) is 11.5 Å². The molecule has 0 saturated carbocycles. The standard InChI is InChI=1S/C21H21F2NO6/c1-3-28-18-8-5-13(9-19(18)29-4-2)21(27)24-11-20(26)30-12-17(25)15-10-14(22)6-7-16(15)23/h5-10H,3-4,11-12H2,1-2H3,(H,24,27). The maximum absolute atomic E-state index is 13.5. The molecule has 0 aliphatic rings. The zero-order valence-corrected chi connectivity index (χ0v) is 16.5. The highest BCUT2D eigenvalue weighted by Crippen LogP contribution is 2.28. The third kappa shape index (κ3) is 6.26. The van der Waals surface area contributed by atoms with Crippen molar-refractivity contribution in [1.29, 1.82) is 0 Å². The molecule has 0 saturated heterocycles. The number of benzene rings is 2. The molecular formula is C21H21F2NO6. The Kier molecular flexibility index (Phi) is 8.28. The fourth-order valence-corrected chi connectivity index (χ4v) is 2.43. The van der Waals surface area contributed by atoms with Gasteiger partial charge in [-0.15, -0.1) is 0 Å². The van der Waals surface area contributed by atoms with Crippen molar-refractivity contribution in [2.24, 2.45) is 0 Å². The minimum absolute atomic E-state index is 0.229. The van der Waals surface area contributed by atoms with Crippen LogP contribution in [0.3, 0.4) is 0 Å². The van der Waals surface area contributed by atoms with Crippen molar-refractivity contribution in [3.8, 4) is 11.5 Å². The molecule has 0 aromatic heterocycles. The van der Waals surface area contributed by atoms with Gasteiger partial charge in [0.25, 0.3) is 5.91 Å². The Morgan fingerprint density at radius 3 is 2.33 bits per heavy atom. The fraction of sp³-hybridized carbons (Fsp3) is 0.286. The Morgan fingerprint density at radius 1 is 0.933 bits per heavy atom. The third-order valence-electron chi connectivity index (χ3n) is 3.79. The summed E-state index contributed by atoms with van der Waals surface area (Å²) in [6, 6.07) is 6.95. The van der Waals surface area contributed by atoms with Gasteiger partial charge >= 0.3 is 5.97 Å². The maximum atomic E-state index is 13.5. The molecular weight excluding hydrogens is 400 g/mol. The molecule has 2 aromatic carbocycles. The topological polar surface area (TPSA) is 90.9 Å². The van der Waals surface area contributed by atoms with Crippen molar-refractivity contribution in [3.63, 3.8) is 0 Å². The molecule has 2 rings (SSSR count). The van der Waals surface area contributed by atoms with Crippen LogP contribution in [0, 0.1) is 11.6 Å². The van der Waals surface area contributed by atoms with Crippen molar-refractivity contribution < 1.29 is 37.4 Å². The van der Waals surface area contributed by atoms with E-state index in [2.05, 4.69) is 5.32 Å². The summed E-state index contributed by atoms with van der Waals surface area (Å²) >= 11 is 0. The normalized spacial score (nSPS) is 10.3. The first-order valence-electron chi connectivity index (χ1n) is 9.17. The molecule has 0 aliphatic heterocycles. The highest BCUT2D eigenvalue weighted by molar-refractivity contribution is 5.99. The molecule has 1 amide bonds. The van der Waals surface area contributed by atoms with Crippen molar-refractivity contribution in [1.82, 2.24) is 5.32 Å². The SMILES string of the molecule is CCOc1ccc(C(=O)NCC(=O)OCC(=O)c2cc(F)ccc2F)cc1OCC. The molecule has 1 N–H and O–H groups in total. The van der Waals surface area contributed by atoms with Gasteiger partial charge in [0.2, 0.25) is 5.78 Å². The molecule has 0 aliphatic carbocycles. The molecule has 7 nitrogen and oxygen atoms in total. The number of carbonyl (C=O) groups excluding carboxylic acids is 3. The van der Waals surface area contributed by atoms with Gasteiger partial charge < -0.3 is 19.5 Å². The Balaban J connectivity index is 1.89. The minimum Gasteiger partial charge on any atom is -0.490 e. The largest absolute Gasteiger partial charge is 0.490 e. The van der Waals surface area contributed by atoms with E-state index in [1.165, 1.54) is 12.1 Å². The van der Waals surface area contributed by atoms with Crippen LogP contribution in [-0.2, 0) is 9.53 Å². The quantitative estimate of drug-likeness (QED) is 0.469. The molecule has 9 heteroatoms. The number of rotatable bonds is 10. The van der Waals surface area contributed by atoms with E-state index in [1.807, 2.05) is 6.92 Å². The zero-order valence-electron chi connectivity index (χ0n) is 16.5. The van der Waals surface area contributed by atoms with Crippen molar-refractivity contribution in [2.75, 3.05) is 26.4 Å². The average molecular weight is 421 g/mol. The van der Waals surface area contributed by atoms with E-state index in [9.17, 15) is 23.2 Å². The van der Waals surface area contributed by atoms with Crippen molar-refractivity contribution >= 4 is 17.7 Å². The molecule has 160 valence electrons. The van der Waals surface area contributed by atoms with Crippen molar-refractivity contribution in [2.45, 2.75) is 13.8 Å². The van der Waals surface area contributed by atoms with Gasteiger partial charge in [-0.25, -0.2) is 8.78 Å². The number of amides is 1. The van der Waals surface area contributed by atoms with Gasteiger partial charge in [0.05, 0.1) is 18.8 Å². The van der Waals surface area contributed by atoms with Crippen molar-refractivity contribution in [3.05, 3.63) is 59.2 Å². The summed E-state index contributed by atoms with van der Waals surface area (Å²) in [5.74, 6) is -3.23. The van der Waals surface area contributed by atoms with Gasteiger partial charge in [-0.3, -0.25) is 14.4 Å². The molecule has 0 radical (unpaired) electrons. The lowest BCUT2D eigenvalue weighted by atomic mass is 10.1. The Morgan fingerprint density at radius 2 is 1.63 bits per heavy atom. The second-order valence-electron chi connectivity index (χ2n) is 5.92. The Hall–Kier alpha value is -3.49. The molecule has 0 heterocycles. The number of hydrogen-bond donors (Lipinski definition) is 1. The summed E-state index contributed by atoms with van der Waals surface area (Å²) < 4.78 is 42.2. The number of ether oxygens (including phenoxy) is 3. The zero-order chi connectivity index (χ0) is 22.1. The number of ketones is 1. The number of halogens is 2. The van der Waals surface area contributed by atoms with Crippen LogP contribution in [0.1, 0.15) is 34.6 Å². The van der Waals surface area contributed by atoms with Gasteiger partial charge in [0.1, 0.15) is 18.2 Å². The van der Waals surface area contributed by atoms with Gasteiger partial charge in [-0.05, 0) is 50.2 Å². The van der Waals surface area contributed by atoms with E-state index in [-0.39, 0.29) is 5.56 Å². The molecule has 0 bridgehead atoms. The summed E-state index contributed by atoms with van der Waals surface area (Å²) in [5, 5.41) is 2.35. The minimum atomic E-state index is -0.925. The maximum Gasteiger partial charge on any atom is 0.325 e. The van der Waals surface area contributed by atoms with Crippen LogP contribution in [0.25, 0.3) is 0 Å². The number of carbonyl (C=O) groups is 3. The van der Waals surface area contributed by atoms with Gasteiger partial charge in [0.15, 0.2) is 18.1 Å². The summed E-state index contributed by atoms with van der Waals surface area (Å²) in [7, 11) is 0. The van der Waals surface area contributed by atoms with E-state index in [0.29, 0.717) is 24.7 Å². The number of nitrogens with one attached hydrogen (secondary N) is 1. The third-order valence-corrected chi connectivity index (χ3v) is 3.79. The number of hydrogen-bond acceptors (Lipinski definition) is 6. The number of esters is 1. The second kappa shape index (κ2) is 10.9. The molecule has 2 aromatic rings. The van der Waals surface area contributed by atoms with Gasteiger partial charge in [0, 0.05) is 5.56 Å². The fourth-order valence-electron chi connectivity index (χ4n) is 2.43. The van der Waals surface area contributed by atoms with E-state index >= 15 is 0 Å². The lowest BCUT2D eigenvalue weighted by Gasteiger charge is -2.12. The Bertz CT molecular complexity index is 932. The summed E-state index contributed by atoms with van der Waals surface area (Å²) in [6.45, 7) is 3.10. The predicted molar refractivity (Wildman–Crippen MR) is 103 cm³/mol. The van der Waals surface area contributed by atoms with Crippen LogP contribution in [0.4, 0.5) is 8.78 Å². The smallest absolute Gasteiger partial charge is 0.325 e. The van der Waals surface area contributed by atoms with Crippen LogP contribution in [0.15, 0.2) is 36.4 Å². The van der Waals surface area contributed by atoms with Gasteiger partial charge in [-0.2, -0.15) is 0 Å². The van der Waals surface area contributed by atoms with Crippen LogP contribution in [0.2, 0.25) is 0 Å². The van der Waals surface area contributed by atoms with E-state index < -0.39 is 48.0 Å². The van der Waals surface area contributed by atoms with Crippen LogP contribution >= 0.6 is 0 Å². The first kappa shape index (κ1) is 22.8. The van der Waals surface area contributed by atoms with E-state index in [1.54, 1.807) is 13.0 Å². The lowest BCUT2D eigenvalue weighted by Crippen LogP contribution is -2.31. The first-order chi connectivity index (χ1) is 14.3. The van der Waals surface area contributed by atoms with E-state index in [0.717, 1.165) is 18.2 Å². The van der Waals surface area contributed by atoms with E-state index in [4.69, 9.17) is 14.2 Å². The highest BCUT2D eigenvalue weighted by atomic mass is 19.1. The predicted octanol–water partition coefficient (Wildman–Crippen LogP) is 2.92. The lowest BCUT2D eigenvalue weighted by molar-refractivity contribution is -0.141. The van der Waals surface area contributed by atoms with Gasteiger partial charge in [-0.1, -0.05) is 0 Å². The first-order valence-corrected chi connectivity index (χ1v) is 9.17. The molecule has 0 fully saturated rings. The Labute approximate surface area is 171 Å². The monoisotopic (exact) mass is 421 g/mol.